The van der Waals surface area contributed by atoms with Gasteiger partial charge in [-0.1, -0.05) is 35.9 Å². The van der Waals surface area contributed by atoms with Crippen LogP contribution in [0.3, 0.4) is 0 Å². The minimum Gasteiger partial charge on any atom is -0.493 e. The quantitative estimate of drug-likeness (QED) is 0.381. The van der Waals surface area contributed by atoms with E-state index in [0.29, 0.717) is 22.8 Å². The van der Waals surface area contributed by atoms with E-state index in [0.717, 1.165) is 0 Å². The van der Waals surface area contributed by atoms with Crippen LogP contribution in [0.5, 0.6) is 17.2 Å². The summed E-state index contributed by atoms with van der Waals surface area (Å²) in [5, 5.41) is 11.3. The van der Waals surface area contributed by atoms with Crippen LogP contribution in [0.4, 0.5) is 10.2 Å². The molecule has 4 aromatic rings. The molecular formula is C23H21ClFN5O4. The van der Waals surface area contributed by atoms with Crippen molar-refractivity contribution in [1.82, 2.24) is 19.6 Å². The first-order chi connectivity index (χ1) is 16.5. The van der Waals surface area contributed by atoms with Crippen LogP contribution in [0.2, 0.25) is 5.02 Å². The average molecular weight is 486 g/mol. The summed E-state index contributed by atoms with van der Waals surface area (Å²) in [4.78, 5) is 12.6. The number of benzene rings is 2. The third-order valence-electron chi connectivity index (χ3n) is 4.84. The molecule has 0 saturated heterocycles. The fourth-order valence-corrected chi connectivity index (χ4v) is 3.38. The summed E-state index contributed by atoms with van der Waals surface area (Å²) in [7, 11) is 3.06. The van der Waals surface area contributed by atoms with Gasteiger partial charge in [0.25, 0.3) is 5.91 Å². The molecule has 176 valence electrons. The molecule has 0 unspecified atom stereocenters. The number of methoxy groups -OCH3 is 2. The van der Waals surface area contributed by atoms with Crippen molar-refractivity contribution in [3.63, 3.8) is 0 Å². The number of halogens is 2. The maximum absolute atomic E-state index is 13.9. The molecule has 0 aliphatic carbocycles. The van der Waals surface area contributed by atoms with Crippen molar-refractivity contribution in [1.29, 1.82) is 0 Å². The number of ether oxygens (including phenoxy) is 3. The highest BCUT2D eigenvalue weighted by Gasteiger charge is 2.16. The van der Waals surface area contributed by atoms with Crippen LogP contribution in [0.25, 0.3) is 0 Å². The van der Waals surface area contributed by atoms with Crippen molar-refractivity contribution in [2.75, 3.05) is 19.5 Å². The van der Waals surface area contributed by atoms with Gasteiger partial charge < -0.3 is 19.5 Å². The number of para-hydroxylation sites is 1. The van der Waals surface area contributed by atoms with E-state index in [4.69, 9.17) is 25.8 Å². The summed E-state index contributed by atoms with van der Waals surface area (Å²) in [5.41, 5.74) is 0.584. The molecule has 0 aliphatic rings. The van der Waals surface area contributed by atoms with Crippen molar-refractivity contribution in [2.24, 2.45) is 0 Å². The maximum atomic E-state index is 13.9. The lowest BCUT2D eigenvalue weighted by Gasteiger charge is -2.13. The zero-order valence-corrected chi connectivity index (χ0v) is 19.1. The molecule has 2 aromatic carbocycles. The Hall–Kier alpha value is -4.05. The van der Waals surface area contributed by atoms with Crippen LogP contribution >= 0.6 is 11.6 Å². The number of aromatic nitrogens is 4. The largest absolute Gasteiger partial charge is 0.493 e. The van der Waals surface area contributed by atoms with E-state index in [1.54, 1.807) is 42.6 Å². The van der Waals surface area contributed by atoms with Crippen LogP contribution in [0, 0.1) is 5.82 Å². The van der Waals surface area contributed by atoms with Crippen LogP contribution in [0.15, 0.2) is 60.9 Å². The topological polar surface area (TPSA) is 92.4 Å². The van der Waals surface area contributed by atoms with E-state index in [2.05, 4.69) is 15.5 Å². The van der Waals surface area contributed by atoms with Gasteiger partial charge in [0.1, 0.15) is 10.8 Å². The molecule has 0 bridgehead atoms. The second-order valence-electron chi connectivity index (χ2n) is 7.07. The van der Waals surface area contributed by atoms with Crippen molar-refractivity contribution in [3.8, 4) is 17.2 Å². The van der Waals surface area contributed by atoms with Gasteiger partial charge in [0.15, 0.2) is 29.7 Å². The SMILES string of the molecule is COc1cccc(OC)c1OCn1ccc(C(=O)Nc2nn(Cc3ccccc3F)cc2Cl)n1. The number of nitrogens with zero attached hydrogens (tertiary/aromatic N) is 4. The van der Waals surface area contributed by atoms with Crippen LogP contribution in [-0.2, 0) is 13.3 Å². The third kappa shape index (κ3) is 5.12. The molecule has 4 rings (SSSR count). The van der Waals surface area contributed by atoms with Crippen molar-refractivity contribution in [3.05, 3.63) is 83.0 Å². The van der Waals surface area contributed by atoms with Gasteiger partial charge in [-0.25, -0.2) is 9.07 Å². The Kier molecular flexibility index (Phi) is 6.98. The predicted molar refractivity (Wildman–Crippen MR) is 123 cm³/mol. The summed E-state index contributed by atoms with van der Waals surface area (Å²) >= 11 is 6.20. The van der Waals surface area contributed by atoms with E-state index in [1.807, 2.05) is 0 Å². The Bertz CT molecular complexity index is 1280. The van der Waals surface area contributed by atoms with Gasteiger partial charge in [-0.3, -0.25) is 9.48 Å². The first-order valence-corrected chi connectivity index (χ1v) is 10.5. The van der Waals surface area contributed by atoms with E-state index < -0.39 is 5.91 Å². The summed E-state index contributed by atoms with van der Waals surface area (Å²) in [6, 6.07) is 13.2. The summed E-state index contributed by atoms with van der Waals surface area (Å²) in [6.07, 6.45) is 3.10. The molecule has 11 heteroatoms. The molecule has 1 amide bonds. The fraction of sp³-hybridized carbons (Fsp3) is 0.174. The molecule has 0 fully saturated rings. The van der Waals surface area contributed by atoms with Crippen molar-refractivity contribution in [2.45, 2.75) is 13.3 Å². The van der Waals surface area contributed by atoms with E-state index >= 15 is 0 Å². The Balaban J connectivity index is 1.41. The van der Waals surface area contributed by atoms with Crippen LogP contribution < -0.4 is 19.5 Å². The van der Waals surface area contributed by atoms with Crippen molar-refractivity contribution >= 4 is 23.3 Å². The lowest BCUT2D eigenvalue weighted by molar-refractivity contribution is 0.101. The first kappa shape index (κ1) is 23.1. The zero-order valence-electron chi connectivity index (χ0n) is 18.4. The Morgan fingerprint density at radius 2 is 1.76 bits per heavy atom. The molecule has 1 N–H and O–H groups in total. The number of amides is 1. The van der Waals surface area contributed by atoms with Crippen LogP contribution in [-0.4, -0.2) is 39.7 Å². The highest BCUT2D eigenvalue weighted by Crippen LogP contribution is 2.36. The Labute approximate surface area is 199 Å². The van der Waals surface area contributed by atoms with Gasteiger partial charge >= 0.3 is 0 Å². The van der Waals surface area contributed by atoms with Gasteiger partial charge in [0.05, 0.1) is 20.8 Å². The number of rotatable bonds is 9. The average Bonchev–Trinajstić information content (AvgIpc) is 3.45. The minimum absolute atomic E-state index is 0.0159. The van der Waals surface area contributed by atoms with E-state index in [1.165, 1.54) is 41.9 Å². The second-order valence-corrected chi connectivity index (χ2v) is 7.48. The molecule has 0 saturated carbocycles. The lowest BCUT2D eigenvalue weighted by atomic mass is 10.2. The van der Waals surface area contributed by atoms with Crippen LogP contribution in [0.1, 0.15) is 16.1 Å². The third-order valence-corrected chi connectivity index (χ3v) is 5.11. The van der Waals surface area contributed by atoms with Gasteiger partial charge in [-0.15, -0.1) is 0 Å². The van der Waals surface area contributed by atoms with Gasteiger partial charge in [-0.2, -0.15) is 10.2 Å². The first-order valence-electron chi connectivity index (χ1n) is 10.1. The fourth-order valence-electron chi connectivity index (χ4n) is 3.18. The lowest BCUT2D eigenvalue weighted by Crippen LogP contribution is -2.15. The standard InChI is InChI=1S/C23H21ClFN5O4/c1-32-19-8-5-9-20(33-2)21(19)34-14-29-11-10-18(27-29)23(31)26-22-16(24)13-30(28-22)12-15-6-3-4-7-17(15)25/h3-11,13H,12,14H2,1-2H3,(H,26,28,31). The van der Waals surface area contributed by atoms with E-state index in [9.17, 15) is 9.18 Å². The number of hydrogen-bond acceptors (Lipinski definition) is 6. The predicted octanol–water partition coefficient (Wildman–Crippen LogP) is 4.23. The zero-order chi connectivity index (χ0) is 24.1. The highest BCUT2D eigenvalue weighted by atomic mass is 35.5. The van der Waals surface area contributed by atoms with Gasteiger partial charge in [-0.05, 0) is 24.3 Å². The highest BCUT2D eigenvalue weighted by molar-refractivity contribution is 6.33. The molecular weight excluding hydrogens is 465 g/mol. The Morgan fingerprint density at radius 1 is 1.03 bits per heavy atom. The molecule has 0 radical (unpaired) electrons. The molecule has 9 nitrogen and oxygen atoms in total. The van der Waals surface area contributed by atoms with Gasteiger partial charge in [0, 0.05) is 18.0 Å². The summed E-state index contributed by atoms with van der Waals surface area (Å²) in [5.74, 6) is 0.716. The molecule has 0 aliphatic heterocycles. The van der Waals surface area contributed by atoms with Crippen molar-refractivity contribution < 1.29 is 23.4 Å². The molecule has 2 heterocycles. The minimum atomic E-state index is -0.508. The number of carbonyl (C=O) groups excluding carboxylic acids is 1. The monoisotopic (exact) mass is 485 g/mol. The molecule has 2 aromatic heterocycles. The van der Waals surface area contributed by atoms with E-state index in [-0.39, 0.29) is 35.6 Å². The number of anilines is 1. The molecule has 34 heavy (non-hydrogen) atoms. The molecule has 0 spiro atoms. The normalized spacial score (nSPS) is 10.7. The smallest absolute Gasteiger partial charge is 0.277 e. The summed E-state index contributed by atoms with van der Waals surface area (Å²) in [6.45, 7) is 0.183. The maximum Gasteiger partial charge on any atom is 0.277 e. The second kappa shape index (κ2) is 10.3. The Morgan fingerprint density at radius 3 is 2.47 bits per heavy atom. The number of hydrogen-bond donors (Lipinski definition) is 1. The number of carbonyl (C=O) groups is 1. The van der Waals surface area contributed by atoms with Gasteiger partial charge in [0.2, 0.25) is 5.75 Å². The summed E-state index contributed by atoms with van der Waals surface area (Å²) < 4.78 is 33.2. The number of nitrogens with one attached hydrogen (secondary N) is 1. The molecule has 0 atom stereocenters.